The van der Waals surface area contributed by atoms with Gasteiger partial charge in [-0.3, -0.25) is 0 Å². The van der Waals surface area contributed by atoms with Crippen LogP contribution >= 0.6 is 0 Å². The third-order valence-electron chi connectivity index (χ3n) is 3.53. The molecule has 0 amide bonds. The highest BCUT2D eigenvalue weighted by Gasteiger charge is 2.15. The minimum absolute atomic E-state index is 0.503. The molecule has 1 aromatic carbocycles. The van der Waals surface area contributed by atoms with Crippen LogP contribution in [0.1, 0.15) is 24.2 Å². The number of para-hydroxylation sites is 2. The lowest BCUT2D eigenvalue weighted by Crippen LogP contribution is -2.11. The van der Waals surface area contributed by atoms with E-state index in [-0.39, 0.29) is 0 Å². The number of benzene rings is 1. The predicted octanol–water partition coefficient (Wildman–Crippen LogP) is 2.81. The molecule has 2 aromatic rings. The highest BCUT2D eigenvalue weighted by molar-refractivity contribution is 5.39. The molecule has 1 aromatic heterocycles. The van der Waals surface area contributed by atoms with E-state index in [0.29, 0.717) is 6.61 Å². The molecule has 2 heterocycles. The first-order valence-corrected chi connectivity index (χ1v) is 6.67. The molecule has 0 N–H and O–H groups in total. The molecule has 0 radical (unpaired) electrons. The average Bonchev–Trinajstić information content (AvgIpc) is 2.89. The first-order chi connectivity index (χ1) is 9.38. The number of hydrogen-bond acceptors (Lipinski definition) is 3. The van der Waals surface area contributed by atoms with Crippen LogP contribution in [-0.4, -0.2) is 16.7 Å². The molecule has 100 valence electrons. The van der Waals surface area contributed by atoms with Crippen LogP contribution in [0.2, 0.25) is 0 Å². The molecule has 0 atom stereocenters. The third-order valence-corrected chi connectivity index (χ3v) is 3.53. The number of methoxy groups -OCH3 is 1. The Kier molecular flexibility index (Phi) is 3.40. The normalized spacial score (nSPS) is 13.9. The van der Waals surface area contributed by atoms with Gasteiger partial charge in [0.2, 0.25) is 0 Å². The van der Waals surface area contributed by atoms with Crippen molar-refractivity contribution < 1.29 is 9.47 Å². The van der Waals surface area contributed by atoms with Crippen molar-refractivity contribution in [2.45, 2.75) is 32.4 Å². The van der Waals surface area contributed by atoms with E-state index in [9.17, 15) is 0 Å². The Morgan fingerprint density at radius 1 is 1.21 bits per heavy atom. The van der Waals surface area contributed by atoms with Crippen molar-refractivity contribution >= 4 is 0 Å². The Hall–Kier alpha value is -1.97. The van der Waals surface area contributed by atoms with Crippen LogP contribution in [0, 0.1) is 0 Å². The smallest absolute Gasteiger partial charge is 0.161 e. The minimum atomic E-state index is 0.503. The van der Waals surface area contributed by atoms with E-state index in [4.69, 9.17) is 9.47 Å². The molecule has 4 heteroatoms. The van der Waals surface area contributed by atoms with Gasteiger partial charge in [-0.2, -0.15) is 0 Å². The summed E-state index contributed by atoms with van der Waals surface area (Å²) < 4.78 is 13.4. The Morgan fingerprint density at radius 2 is 2.05 bits per heavy atom. The van der Waals surface area contributed by atoms with Gasteiger partial charge in [0.15, 0.2) is 11.5 Å². The van der Waals surface area contributed by atoms with Gasteiger partial charge in [-0.15, -0.1) is 0 Å². The van der Waals surface area contributed by atoms with Gasteiger partial charge >= 0.3 is 0 Å². The molecule has 0 fully saturated rings. The Labute approximate surface area is 113 Å². The maximum Gasteiger partial charge on any atom is 0.161 e. The summed E-state index contributed by atoms with van der Waals surface area (Å²) >= 11 is 0. The molecule has 4 nitrogen and oxygen atoms in total. The second-order valence-corrected chi connectivity index (χ2v) is 4.73. The van der Waals surface area contributed by atoms with E-state index in [0.717, 1.165) is 30.2 Å². The van der Waals surface area contributed by atoms with E-state index in [1.165, 1.54) is 18.5 Å². The van der Waals surface area contributed by atoms with Gasteiger partial charge in [0.05, 0.1) is 19.1 Å². The first-order valence-electron chi connectivity index (χ1n) is 6.67. The summed E-state index contributed by atoms with van der Waals surface area (Å²) in [6.07, 6.45) is 5.52. The molecule has 3 rings (SSSR count). The molecule has 0 spiro atoms. The number of rotatable bonds is 4. The van der Waals surface area contributed by atoms with Crippen LogP contribution in [0.3, 0.4) is 0 Å². The summed E-state index contributed by atoms with van der Waals surface area (Å²) in [5, 5.41) is 0. The molecule has 19 heavy (non-hydrogen) atoms. The maximum atomic E-state index is 5.84. The lowest BCUT2D eigenvalue weighted by atomic mass is 10.1. The number of aromatic nitrogens is 2. The zero-order valence-corrected chi connectivity index (χ0v) is 11.1. The predicted molar refractivity (Wildman–Crippen MR) is 72.5 cm³/mol. The summed E-state index contributed by atoms with van der Waals surface area (Å²) in [7, 11) is 1.65. The monoisotopic (exact) mass is 258 g/mol. The zero-order chi connectivity index (χ0) is 13.1. The number of ether oxygens (including phenoxy) is 2. The second-order valence-electron chi connectivity index (χ2n) is 4.73. The standard InChI is InChI=1S/C15H18N2O2/c1-18-14-7-2-3-8-15(14)19-10-12-13-6-4-5-9-17(13)11-16-12/h2-3,7-8,11H,4-6,9-10H2,1H3. The van der Waals surface area contributed by atoms with E-state index >= 15 is 0 Å². The minimum Gasteiger partial charge on any atom is -0.493 e. The summed E-state index contributed by atoms with van der Waals surface area (Å²) in [4.78, 5) is 4.47. The average molecular weight is 258 g/mol. The van der Waals surface area contributed by atoms with Gasteiger partial charge in [0.1, 0.15) is 6.61 Å². The third kappa shape index (κ3) is 2.43. The summed E-state index contributed by atoms with van der Waals surface area (Å²) in [5.41, 5.74) is 2.37. The second kappa shape index (κ2) is 5.34. The summed E-state index contributed by atoms with van der Waals surface area (Å²) in [5.74, 6) is 1.53. The van der Waals surface area contributed by atoms with Crippen LogP contribution < -0.4 is 9.47 Å². The topological polar surface area (TPSA) is 36.3 Å². The molecular formula is C15H18N2O2. The Bertz CT molecular complexity index is 563. The van der Waals surface area contributed by atoms with Crippen LogP contribution in [-0.2, 0) is 19.6 Å². The van der Waals surface area contributed by atoms with Crippen molar-refractivity contribution in [3.8, 4) is 11.5 Å². The van der Waals surface area contributed by atoms with Gasteiger partial charge in [0.25, 0.3) is 0 Å². The Balaban J connectivity index is 1.74. The van der Waals surface area contributed by atoms with Crippen molar-refractivity contribution in [2.75, 3.05) is 7.11 Å². The molecule has 0 aliphatic carbocycles. The number of nitrogens with zero attached hydrogens (tertiary/aromatic N) is 2. The largest absolute Gasteiger partial charge is 0.493 e. The van der Waals surface area contributed by atoms with Crippen molar-refractivity contribution in [3.63, 3.8) is 0 Å². The van der Waals surface area contributed by atoms with Crippen molar-refractivity contribution in [3.05, 3.63) is 42.0 Å². The fraction of sp³-hybridized carbons (Fsp3) is 0.400. The number of fused-ring (bicyclic) bond motifs is 1. The highest BCUT2D eigenvalue weighted by atomic mass is 16.5. The van der Waals surface area contributed by atoms with Crippen LogP contribution in [0.15, 0.2) is 30.6 Å². The van der Waals surface area contributed by atoms with Crippen molar-refractivity contribution in [1.82, 2.24) is 9.55 Å². The number of hydrogen-bond donors (Lipinski definition) is 0. The molecule has 1 aliphatic rings. The molecule has 0 unspecified atom stereocenters. The van der Waals surface area contributed by atoms with Crippen LogP contribution in [0.5, 0.6) is 11.5 Å². The lowest BCUT2D eigenvalue weighted by Gasteiger charge is -2.15. The van der Waals surface area contributed by atoms with E-state index in [1.54, 1.807) is 7.11 Å². The molecule has 0 saturated carbocycles. The molecule has 0 saturated heterocycles. The molecule has 1 aliphatic heterocycles. The quantitative estimate of drug-likeness (QED) is 0.846. The zero-order valence-electron chi connectivity index (χ0n) is 11.1. The fourth-order valence-corrected chi connectivity index (χ4v) is 2.51. The summed E-state index contributed by atoms with van der Waals surface area (Å²) in [6, 6.07) is 7.70. The maximum absolute atomic E-state index is 5.84. The highest BCUT2D eigenvalue weighted by Crippen LogP contribution is 2.27. The van der Waals surface area contributed by atoms with Crippen LogP contribution in [0.25, 0.3) is 0 Å². The summed E-state index contributed by atoms with van der Waals surface area (Å²) in [6.45, 7) is 1.58. The number of imidazole rings is 1. The van der Waals surface area contributed by atoms with Gasteiger partial charge in [-0.25, -0.2) is 4.98 Å². The van der Waals surface area contributed by atoms with Crippen molar-refractivity contribution in [2.24, 2.45) is 0 Å². The lowest BCUT2D eigenvalue weighted by molar-refractivity contribution is 0.279. The van der Waals surface area contributed by atoms with Gasteiger partial charge in [0, 0.05) is 12.2 Å². The Morgan fingerprint density at radius 3 is 2.89 bits per heavy atom. The van der Waals surface area contributed by atoms with Crippen molar-refractivity contribution in [1.29, 1.82) is 0 Å². The SMILES string of the molecule is COc1ccccc1OCc1ncn2c1CCCC2. The molecule has 0 bridgehead atoms. The number of aryl methyl sites for hydroxylation is 1. The van der Waals surface area contributed by atoms with E-state index in [2.05, 4.69) is 9.55 Å². The van der Waals surface area contributed by atoms with Gasteiger partial charge in [-0.1, -0.05) is 12.1 Å². The first kappa shape index (κ1) is 12.1. The van der Waals surface area contributed by atoms with E-state index < -0.39 is 0 Å². The van der Waals surface area contributed by atoms with Crippen LogP contribution in [0.4, 0.5) is 0 Å². The fourth-order valence-electron chi connectivity index (χ4n) is 2.51. The van der Waals surface area contributed by atoms with E-state index in [1.807, 2.05) is 30.6 Å². The van der Waals surface area contributed by atoms with Gasteiger partial charge in [-0.05, 0) is 31.4 Å². The van der Waals surface area contributed by atoms with Gasteiger partial charge < -0.3 is 14.0 Å². The molecular weight excluding hydrogens is 240 g/mol.